The summed E-state index contributed by atoms with van der Waals surface area (Å²) in [6.45, 7) is 7.34. The van der Waals surface area contributed by atoms with Crippen LogP contribution in [0, 0.1) is 24.7 Å². The monoisotopic (exact) mass is 538 g/mol. The Morgan fingerprint density at radius 3 is 1.80 bits per heavy atom. The first-order chi connectivity index (χ1) is 20.1. The maximum Gasteiger partial charge on any atom is 0.148 e. The maximum atomic E-state index is 6.22. The molecule has 0 bridgehead atoms. The third-order valence-corrected chi connectivity index (χ3v) is 8.94. The summed E-state index contributed by atoms with van der Waals surface area (Å²) in [4.78, 5) is 0. The van der Waals surface area contributed by atoms with Gasteiger partial charge in [-0.1, -0.05) is 106 Å². The summed E-state index contributed by atoms with van der Waals surface area (Å²) in [6, 6.07) is 32.8. The zero-order valence-electron chi connectivity index (χ0n) is 24.4. The highest BCUT2D eigenvalue weighted by Crippen LogP contribution is 2.57. The third-order valence-electron chi connectivity index (χ3n) is 8.94. The Morgan fingerprint density at radius 1 is 0.683 bits per heavy atom. The molecule has 0 fully saturated rings. The molecule has 5 rings (SSSR count). The highest BCUT2D eigenvalue weighted by molar-refractivity contribution is 5.86. The van der Waals surface area contributed by atoms with Crippen LogP contribution in [0.15, 0.2) is 91.0 Å². The molecule has 4 aromatic carbocycles. The highest BCUT2D eigenvalue weighted by atomic mass is 16.5. The van der Waals surface area contributed by atoms with Crippen LogP contribution in [0.25, 0.3) is 11.1 Å². The van der Waals surface area contributed by atoms with Gasteiger partial charge < -0.3 is 9.47 Å². The zero-order chi connectivity index (χ0) is 28.9. The summed E-state index contributed by atoms with van der Waals surface area (Å²) in [7, 11) is 0. The first-order valence-corrected chi connectivity index (χ1v) is 14.7. The van der Waals surface area contributed by atoms with Gasteiger partial charge in [0.2, 0.25) is 0 Å². The molecule has 1 aliphatic rings. The maximum absolute atomic E-state index is 6.22. The smallest absolute Gasteiger partial charge is 0.148 e. The highest BCUT2D eigenvalue weighted by Gasteiger charge is 2.46. The third kappa shape index (κ3) is 4.69. The van der Waals surface area contributed by atoms with Crippen molar-refractivity contribution in [3.63, 3.8) is 0 Å². The van der Waals surface area contributed by atoms with Gasteiger partial charge in [0.15, 0.2) is 0 Å². The summed E-state index contributed by atoms with van der Waals surface area (Å²) < 4.78 is 12.0. The van der Waals surface area contributed by atoms with Crippen LogP contribution in [0.3, 0.4) is 0 Å². The van der Waals surface area contributed by atoms with Gasteiger partial charge in [0.05, 0.1) is 5.41 Å². The molecule has 0 atom stereocenters. The number of fused-ring (bicyclic) bond motifs is 3. The summed E-state index contributed by atoms with van der Waals surface area (Å²) in [5.74, 6) is 6.87. The fourth-order valence-electron chi connectivity index (χ4n) is 6.97. The summed E-state index contributed by atoms with van der Waals surface area (Å²) in [5, 5.41) is 0. The summed E-state index contributed by atoms with van der Waals surface area (Å²) >= 11 is 0. The van der Waals surface area contributed by atoms with Crippen LogP contribution in [0.4, 0.5) is 0 Å². The van der Waals surface area contributed by atoms with Gasteiger partial charge in [0.25, 0.3) is 0 Å². The van der Waals surface area contributed by atoms with Crippen molar-refractivity contribution in [3.05, 3.63) is 119 Å². The van der Waals surface area contributed by atoms with E-state index >= 15 is 0 Å². The molecule has 2 nitrogen and oxygen atoms in total. The number of hydrogen-bond acceptors (Lipinski definition) is 2. The van der Waals surface area contributed by atoms with Gasteiger partial charge in [0, 0.05) is 5.56 Å². The standard InChI is InChI=1S/C39H38O2/c1-6-25-38(9-4,10-5)36-28-30(21-24-37(36)41-27-8-3)39(29-19-22-31(23-20-29)40-26-7-2)34-17-13-11-15-32(34)33-16-12-14-18-35(33)39/h2-3,11-24,28H,6,9-10,25-27H2,1,4-5H3. The second kappa shape index (κ2) is 12.0. The molecule has 0 amide bonds. The molecule has 0 radical (unpaired) electrons. The molecule has 4 aromatic rings. The van der Waals surface area contributed by atoms with Crippen LogP contribution in [0.2, 0.25) is 0 Å². The van der Waals surface area contributed by atoms with Crippen molar-refractivity contribution in [3.8, 4) is 47.3 Å². The molecule has 0 N–H and O–H groups in total. The number of benzene rings is 4. The lowest BCUT2D eigenvalue weighted by Crippen LogP contribution is -2.31. The first-order valence-electron chi connectivity index (χ1n) is 14.7. The van der Waals surface area contributed by atoms with Gasteiger partial charge in [-0.05, 0) is 82.3 Å². The van der Waals surface area contributed by atoms with E-state index in [0.717, 1.165) is 37.2 Å². The molecule has 41 heavy (non-hydrogen) atoms. The Bertz CT molecular complexity index is 1550. The molecular weight excluding hydrogens is 500 g/mol. The zero-order valence-corrected chi connectivity index (χ0v) is 24.4. The fraction of sp³-hybridized carbons (Fsp3) is 0.282. The van der Waals surface area contributed by atoms with E-state index in [1.165, 1.54) is 38.9 Å². The second-order valence-electron chi connectivity index (χ2n) is 10.8. The number of terminal acetylenes is 2. The van der Waals surface area contributed by atoms with Crippen LogP contribution < -0.4 is 9.47 Å². The number of rotatable bonds is 11. The van der Waals surface area contributed by atoms with Crippen LogP contribution in [0.5, 0.6) is 11.5 Å². The Hall–Kier alpha value is -4.40. The van der Waals surface area contributed by atoms with Gasteiger partial charge in [-0.15, -0.1) is 12.8 Å². The van der Waals surface area contributed by atoms with E-state index in [9.17, 15) is 0 Å². The van der Waals surface area contributed by atoms with E-state index in [-0.39, 0.29) is 18.6 Å². The molecule has 0 aliphatic heterocycles. The predicted octanol–water partition coefficient (Wildman–Crippen LogP) is 8.93. The van der Waals surface area contributed by atoms with Crippen molar-refractivity contribution < 1.29 is 9.47 Å². The predicted molar refractivity (Wildman–Crippen MR) is 170 cm³/mol. The molecule has 0 unspecified atom stereocenters. The van der Waals surface area contributed by atoms with Crippen molar-refractivity contribution in [2.75, 3.05) is 13.2 Å². The molecule has 0 aromatic heterocycles. The van der Waals surface area contributed by atoms with E-state index in [1.807, 2.05) is 12.1 Å². The molecule has 0 saturated heterocycles. The summed E-state index contributed by atoms with van der Waals surface area (Å²) in [6.07, 6.45) is 15.3. The van der Waals surface area contributed by atoms with Gasteiger partial charge in [-0.25, -0.2) is 0 Å². The van der Waals surface area contributed by atoms with Crippen molar-refractivity contribution >= 4 is 0 Å². The van der Waals surface area contributed by atoms with Crippen molar-refractivity contribution in [2.24, 2.45) is 0 Å². The van der Waals surface area contributed by atoms with E-state index < -0.39 is 5.41 Å². The lowest BCUT2D eigenvalue weighted by molar-refractivity contribution is 0.318. The van der Waals surface area contributed by atoms with Crippen LogP contribution in [-0.4, -0.2) is 13.2 Å². The largest absolute Gasteiger partial charge is 0.481 e. The number of hydrogen-bond donors (Lipinski definition) is 0. The minimum Gasteiger partial charge on any atom is -0.481 e. The minimum absolute atomic E-state index is 0.0134. The van der Waals surface area contributed by atoms with Gasteiger partial charge in [0.1, 0.15) is 24.7 Å². The lowest BCUT2D eigenvalue weighted by Gasteiger charge is -2.38. The van der Waals surface area contributed by atoms with Crippen molar-refractivity contribution in [1.82, 2.24) is 0 Å². The van der Waals surface area contributed by atoms with Crippen molar-refractivity contribution in [1.29, 1.82) is 0 Å². The van der Waals surface area contributed by atoms with Gasteiger partial charge in [-0.2, -0.15) is 0 Å². The Kier molecular flexibility index (Phi) is 8.23. The topological polar surface area (TPSA) is 18.5 Å². The van der Waals surface area contributed by atoms with E-state index in [1.54, 1.807) is 0 Å². The van der Waals surface area contributed by atoms with Crippen LogP contribution in [0.1, 0.15) is 74.3 Å². The number of ether oxygens (including phenoxy) is 2. The molecule has 0 spiro atoms. The van der Waals surface area contributed by atoms with Crippen LogP contribution >= 0.6 is 0 Å². The van der Waals surface area contributed by atoms with Gasteiger partial charge in [-0.3, -0.25) is 0 Å². The Balaban J connectivity index is 1.84. The minimum atomic E-state index is -0.517. The SMILES string of the molecule is C#CCOc1ccc(C2(c3ccc(OCC#C)c(C(CC)(CC)CCC)c3)c3ccccc3-c3ccccc32)cc1. The molecular formula is C39H38O2. The Labute approximate surface area is 245 Å². The Morgan fingerprint density at radius 2 is 1.24 bits per heavy atom. The van der Waals surface area contributed by atoms with E-state index in [2.05, 4.69) is 111 Å². The first kappa shape index (κ1) is 28.1. The second-order valence-corrected chi connectivity index (χ2v) is 10.8. The lowest BCUT2D eigenvalue weighted by atomic mass is 9.65. The van der Waals surface area contributed by atoms with Gasteiger partial charge >= 0.3 is 0 Å². The quantitative estimate of drug-likeness (QED) is 0.156. The average Bonchev–Trinajstić information content (AvgIpc) is 3.33. The van der Waals surface area contributed by atoms with Crippen molar-refractivity contribution in [2.45, 2.75) is 57.3 Å². The van der Waals surface area contributed by atoms with E-state index in [4.69, 9.17) is 22.3 Å². The summed E-state index contributed by atoms with van der Waals surface area (Å²) in [5.41, 5.74) is 8.18. The molecule has 1 aliphatic carbocycles. The fourth-order valence-corrected chi connectivity index (χ4v) is 6.97. The molecule has 0 saturated carbocycles. The molecule has 206 valence electrons. The van der Waals surface area contributed by atoms with E-state index in [0.29, 0.717) is 0 Å². The molecule has 0 heterocycles. The molecule has 2 heteroatoms. The normalized spacial score (nSPS) is 13.0. The van der Waals surface area contributed by atoms with Crippen LogP contribution in [-0.2, 0) is 10.8 Å². The average molecular weight is 539 g/mol.